The highest BCUT2D eigenvalue weighted by Gasteiger charge is 2.14. The first-order valence-corrected chi connectivity index (χ1v) is 7.87. The molecule has 0 aliphatic heterocycles. The maximum atomic E-state index is 12.6. The molecule has 1 amide bonds. The molecule has 24 heavy (non-hydrogen) atoms. The molecule has 1 N–H and O–H groups in total. The maximum absolute atomic E-state index is 12.6. The van der Waals surface area contributed by atoms with Crippen molar-refractivity contribution in [2.75, 3.05) is 18.5 Å². The van der Waals surface area contributed by atoms with Gasteiger partial charge >= 0.3 is 0 Å². The Morgan fingerprint density at radius 2 is 1.62 bits per heavy atom. The van der Waals surface area contributed by atoms with E-state index >= 15 is 0 Å². The fraction of sp³-hybridized carbons (Fsp3) is 0.263. The maximum Gasteiger partial charge on any atom is 0.259 e. The summed E-state index contributed by atoms with van der Waals surface area (Å²) in [5.74, 6) is 0.795. The lowest BCUT2D eigenvalue weighted by molar-refractivity contribution is 0.101. The minimum absolute atomic E-state index is 0.0177. The summed E-state index contributed by atoms with van der Waals surface area (Å²) < 4.78 is 11.0. The van der Waals surface area contributed by atoms with E-state index in [4.69, 9.17) is 9.47 Å². The quantitative estimate of drug-likeness (QED) is 0.782. The van der Waals surface area contributed by atoms with Crippen LogP contribution in [0.2, 0.25) is 0 Å². The van der Waals surface area contributed by atoms with E-state index in [2.05, 4.69) is 5.32 Å². The molecule has 2 aromatic rings. The highest BCUT2D eigenvalue weighted by atomic mass is 16.5. The molecule has 0 heterocycles. The molecular formula is C19H21NO4. The number of Topliss-reactive ketones (excluding diaryl/α,β-unsaturated/α-hetero) is 1. The normalized spacial score (nSPS) is 10.1. The number of benzene rings is 2. The molecule has 0 unspecified atom stereocenters. The topological polar surface area (TPSA) is 64.6 Å². The molecule has 2 rings (SSSR count). The van der Waals surface area contributed by atoms with Crippen molar-refractivity contribution in [1.82, 2.24) is 0 Å². The van der Waals surface area contributed by atoms with Crippen molar-refractivity contribution in [3.63, 3.8) is 0 Å². The number of ether oxygens (including phenoxy) is 2. The number of amides is 1. The highest BCUT2D eigenvalue weighted by Crippen LogP contribution is 2.25. The number of hydrogen-bond acceptors (Lipinski definition) is 4. The van der Waals surface area contributed by atoms with Crippen LogP contribution in [0, 0.1) is 0 Å². The zero-order valence-corrected chi connectivity index (χ0v) is 14.1. The molecule has 0 atom stereocenters. The van der Waals surface area contributed by atoms with E-state index < -0.39 is 0 Å². The van der Waals surface area contributed by atoms with E-state index in [-0.39, 0.29) is 11.7 Å². The van der Waals surface area contributed by atoms with Gasteiger partial charge in [0.05, 0.1) is 18.8 Å². The van der Waals surface area contributed by atoms with Gasteiger partial charge in [0, 0.05) is 11.3 Å². The second-order valence-electron chi connectivity index (χ2n) is 5.11. The fourth-order valence-electron chi connectivity index (χ4n) is 2.21. The van der Waals surface area contributed by atoms with Crippen molar-refractivity contribution in [1.29, 1.82) is 0 Å². The Kier molecular flexibility index (Phi) is 5.95. The van der Waals surface area contributed by atoms with Crippen molar-refractivity contribution in [3.05, 3.63) is 53.6 Å². The van der Waals surface area contributed by atoms with Crippen molar-refractivity contribution < 1.29 is 19.1 Å². The van der Waals surface area contributed by atoms with Gasteiger partial charge in [-0.15, -0.1) is 0 Å². The molecule has 5 nitrogen and oxygen atoms in total. The van der Waals surface area contributed by atoms with Crippen LogP contribution in [0.15, 0.2) is 42.5 Å². The molecular weight excluding hydrogens is 306 g/mol. The van der Waals surface area contributed by atoms with Crippen LogP contribution in [0.25, 0.3) is 0 Å². The summed E-state index contributed by atoms with van der Waals surface area (Å²) in [5.41, 5.74) is 1.61. The first kappa shape index (κ1) is 17.5. The Hall–Kier alpha value is -2.82. The SMILES string of the molecule is CCOc1ccc(OCC)c(C(=O)Nc2ccc(C(C)=O)cc2)c1. The van der Waals surface area contributed by atoms with Gasteiger partial charge < -0.3 is 14.8 Å². The molecule has 0 aliphatic rings. The van der Waals surface area contributed by atoms with Gasteiger partial charge in [-0.05, 0) is 63.2 Å². The summed E-state index contributed by atoms with van der Waals surface area (Å²) in [4.78, 5) is 23.9. The third kappa shape index (κ3) is 4.35. The summed E-state index contributed by atoms with van der Waals surface area (Å²) in [6.07, 6.45) is 0. The van der Waals surface area contributed by atoms with Gasteiger partial charge in [0.1, 0.15) is 11.5 Å². The predicted octanol–water partition coefficient (Wildman–Crippen LogP) is 3.94. The third-order valence-corrected chi connectivity index (χ3v) is 3.36. The molecule has 0 saturated heterocycles. The van der Waals surface area contributed by atoms with Crippen LogP contribution in [0.4, 0.5) is 5.69 Å². The van der Waals surface area contributed by atoms with Gasteiger partial charge in [0.2, 0.25) is 0 Å². The molecule has 0 aliphatic carbocycles. The molecule has 5 heteroatoms. The third-order valence-electron chi connectivity index (χ3n) is 3.36. The van der Waals surface area contributed by atoms with Gasteiger partial charge in [0.15, 0.2) is 5.78 Å². The largest absolute Gasteiger partial charge is 0.494 e. The highest BCUT2D eigenvalue weighted by molar-refractivity contribution is 6.06. The van der Waals surface area contributed by atoms with Gasteiger partial charge in [-0.3, -0.25) is 9.59 Å². The van der Waals surface area contributed by atoms with Crippen LogP contribution in [-0.2, 0) is 0 Å². The minimum Gasteiger partial charge on any atom is -0.494 e. The average molecular weight is 327 g/mol. The van der Waals surface area contributed by atoms with Crippen molar-refractivity contribution in [2.45, 2.75) is 20.8 Å². The van der Waals surface area contributed by atoms with Crippen LogP contribution in [0.1, 0.15) is 41.5 Å². The number of carbonyl (C=O) groups is 2. The van der Waals surface area contributed by atoms with Crippen LogP contribution in [0.3, 0.4) is 0 Å². The lowest BCUT2D eigenvalue weighted by Gasteiger charge is -2.13. The lowest BCUT2D eigenvalue weighted by Crippen LogP contribution is -2.14. The second-order valence-corrected chi connectivity index (χ2v) is 5.11. The van der Waals surface area contributed by atoms with Crippen LogP contribution >= 0.6 is 0 Å². The van der Waals surface area contributed by atoms with Gasteiger partial charge in [-0.2, -0.15) is 0 Å². The average Bonchev–Trinajstić information content (AvgIpc) is 2.57. The van der Waals surface area contributed by atoms with E-state index in [1.807, 2.05) is 13.8 Å². The van der Waals surface area contributed by atoms with Crippen LogP contribution in [-0.4, -0.2) is 24.9 Å². The first-order valence-electron chi connectivity index (χ1n) is 7.87. The van der Waals surface area contributed by atoms with Crippen molar-refractivity contribution >= 4 is 17.4 Å². The molecule has 0 bridgehead atoms. The van der Waals surface area contributed by atoms with Crippen molar-refractivity contribution in [2.24, 2.45) is 0 Å². The fourth-order valence-corrected chi connectivity index (χ4v) is 2.21. The summed E-state index contributed by atoms with van der Waals surface area (Å²) in [5, 5.41) is 2.81. The van der Waals surface area contributed by atoms with E-state index in [1.54, 1.807) is 42.5 Å². The van der Waals surface area contributed by atoms with Gasteiger partial charge in [0.25, 0.3) is 5.91 Å². The Morgan fingerprint density at radius 1 is 0.958 bits per heavy atom. The Balaban J connectivity index is 2.23. The summed E-state index contributed by atoms with van der Waals surface area (Å²) >= 11 is 0. The summed E-state index contributed by atoms with van der Waals surface area (Å²) in [6.45, 7) is 6.22. The number of hydrogen-bond donors (Lipinski definition) is 1. The number of anilines is 1. The smallest absolute Gasteiger partial charge is 0.259 e. The Morgan fingerprint density at radius 3 is 2.21 bits per heavy atom. The predicted molar refractivity (Wildman–Crippen MR) is 93.2 cm³/mol. The molecule has 0 aromatic heterocycles. The van der Waals surface area contributed by atoms with Gasteiger partial charge in [-0.25, -0.2) is 0 Å². The molecule has 0 spiro atoms. The monoisotopic (exact) mass is 327 g/mol. The summed E-state index contributed by atoms with van der Waals surface area (Å²) in [7, 11) is 0. The van der Waals surface area contributed by atoms with Crippen LogP contribution < -0.4 is 14.8 Å². The zero-order chi connectivity index (χ0) is 17.5. The standard InChI is InChI=1S/C19H21NO4/c1-4-23-16-10-11-18(24-5-2)17(12-16)19(22)20-15-8-6-14(7-9-15)13(3)21/h6-12H,4-5H2,1-3H3,(H,20,22). The van der Waals surface area contributed by atoms with E-state index in [0.717, 1.165) is 0 Å². The first-order chi connectivity index (χ1) is 11.5. The number of carbonyl (C=O) groups excluding carboxylic acids is 2. The van der Waals surface area contributed by atoms with E-state index in [0.29, 0.717) is 41.5 Å². The minimum atomic E-state index is -0.296. The van der Waals surface area contributed by atoms with Crippen molar-refractivity contribution in [3.8, 4) is 11.5 Å². The number of ketones is 1. The Labute approximate surface area is 141 Å². The summed E-state index contributed by atoms with van der Waals surface area (Å²) in [6, 6.07) is 11.9. The lowest BCUT2D eigenvalue weighted by atomic mass is 10.1. The van der Waals surface area contributed by atoms with Gasteiger partial charge in [-0.1, -0.05) is 0 Å². The zero-order valence-electron chi connectivity index (χ0n) is 14.1. The molecule has 0 radical (unpaired) electrons. The molecule has 126 valence electrons. The number of rotatable bonds is 7. The second kappa shape index (κ2) is 8.15. The van der Waals surface area contributed by atoms with E-state index in [1.165, 1.54) is 6.92 Å². The molecule has 0 fully saturated rings. The molecule has 0 saturated carbocycles. The molecule has 2 aromatic carbocycles. The number of nitrogens with one attached hydrogen (secondary N) is 1. The van der Waals surface area contributed by atoms with Crippen LogP contribution in [0.5, 0.6) is 11.5 Å². The van der Waals surface area contributed by atoms with E-state index in [9.17, 15) is 9.59 Å². The Bertz CT molecular complexity index is 723.